The van der Waals surface area contributed by atoms with Crippen molar-refractivity contribution in [2.45, 2.75) is 37.0 Å². The van der Waals surface area contributed by atoms with E-state index in [0.717, 1.165) is 18.4 Å². The first kappa shape index (κ1) is 10.7. The van der Waals surface area contributed by atoms with Gasteiger partial charge in [-0.1, -0.05) is 37.5 Å². The molecule has 0 N–H and O–H groups in total. The highest BCUT2D eigenvalue weighted by Gasteiger charge is 2.21. The van der Waals surface area contributed by atoms with E-state index < -0.39 is 9.84 Å². The lowest BCUT2D eigenvalue weighted by Crippen LogP contribution is -2.15. The molecule has 3 heteroatoms. The van der Waals surface area contributed by atoms with Gasteiger partial charge in [0.1, 0.15) is 0 Å². The lowest BCUT2D eigenvalue weighted by Gasteiger charge is -2.14. The monoisotopic (exact) mass is 224 g/mol. The van der Waals surface area contributed by atoms with Crippen LogP contribution in [-0.2, 0) is 16.3 Å². The van der Waals surface area contributed by atoms with Crippen LogP contribution in [0.4, 0.5) is 0 Å². The molecular weight excluding hydrogens is 208 g/mol. The summed E-state index contributed by atoms with van der Waals surface area (Å²) in [5.74, 6) is 0.310. The molecule has 0 aromatic heterocycles. The molecule has 1 fully saturated rings. The van der Waals surface area contributed by atoms with Crippen LogP contribution in [0.1, 0.15) is 31.2 Å². The normalized spacial score (nSPS) is 20.8. The molecule has 1 aromatic rings. The van der Waals surface area contributed by atoms with Crippen molar-refractivity contribution in [3.8, 4) is 0 Å². The Balaban J connectivity index is 0.000000244. The molecule has 1 aliphatic heterocycles. The number of hydrogen-bond acceptors (Lipinski definition) is 2. The van der Waals surface area contributed by atoms with Gasteiger partial charge >= 0.3 is 0 Å². The summed E-state index contributed by atoms with van der Waals surface area (Å²) in [6.07, 6.45) is 6.16. The SMILES string of the molecule is C1CC1.O=S1(=O)CCCc2ccccc21. The minimum Gasteiger partial charge on any atom is -0.224 e. The van der Waals surface area contributed by atoms with E-state index in [4.69, 9.17) is 0 Å². The molecule has 1 aliphatic carbocycles. The van der Waals surface area contributed by atoms with Crippen LogP contribution in [0, 0.1) is 0 Å². The van der Waals surface area contributed by atoms with Gasteiger partial charge in [-0.05, 0) is 24.5 Å². The van der Waals surface area contributed by atoms with Crippen LogP contribution < -0.4 is 0 Å². The zero-order valence-electron chi connectivity index (χ0n) is 8.78. The van der Waals surface area contributed by atoms with E-state index in [-0.39, 0.29) is 0 Å². The van der Waals surface area contributed by atoms with E-state index in [1.165, 1.54) is 19.3 Å². The largest absolute Gasteiger partial charge is 0.224 e. The fourth-order valence-electron chi connectivity index (χ4n) is 1.58. The van der Waals surface area contributed by atoms with Gasteiger partial charge in [0, 0.05) is 0 Å². The van der Waals surface area contributed by atoms with Gasteiger partial charge in [0.25, 0.3) is 0 Å². The number of fused-ring (bicyclic) bond motifs is 1. The summed E-state index contributed by atoms with van der Waals surface area (Å²) >= 11 is 0. The molecule has 82 valence electrons. The summed E-state index contributed by atoms with van der Waals surface area (Å²) in [6, 6.07) is 7.26. The third-order valence-corrected chi connectivity index (χ3v) is 4.41. The Morgan fingerprint density at radius 3 is 2.20 bits per heavy atom. The quantitative estimate of drug-likeness (QED) is 0.678. The van der Waals surface area contributed by atoms with E-state index in [1.54, 1.807) is 12.1 Å². The van der Waals surface area contributed by atoms with Gasteiger partial charge in [0.15, 0.2) is 9.84 Å². The van der Waals surface area contributed by atoms with Crippen LogP contribution in [0.3, 0.4) is 0 Å². The van der Waals surface area contributed by atoms with Gasteiger partial charge < -0.3 is 0 Å². The lowest BCUT2D eigenvalue weighted by molar-refractivity contribution is 0.586. The van der Waals surface area contributed by atoms with E-state index in [0.29, 0.717) is 10.6 Å². The third kappa shape index (κ3) is 2.81. The van der Waals surface area contributed by atoms with Crippen molar-refractivity contribution in [3.63, 3.8) is 0 Å². The number of hydrogen-bond donors (Lipinski definition) is 0. The van der Waals surface area contributed by atoms with Crippen molar-refractivity contribution in [1.82, 2.24) is 0 Å². The predicted molar refractivity (Wildman–Crippen MR) is 60.7 cm³/mol. The predicted octanol–water partition coefficient (Wildman–Crippen LogP) is 2.58. The molecule has 15 heavy (non-hydrogen) atoms. The molecule has 0 atom stereocenters. The Morgan fingerprint density at radius 2 is 1.60 bits per heavy atom. The first-order chi connectivity index (χ1) is 7.20. The molecular formula is C12H16O2S. The van der Waals surface area contributed by atoms with Gasteiger partial charge in [0.05, 0.1) is 10.6 Å². The van der Waals surface area contributed by atoms with Crippen molar-refractivity contribution in [1.29, 1.82) is 0 Å². The summed E-state index contributed by atoms with van der Waals surface area (Å²) in [5.41, 5.74) is 0.976. The van der Waals surface area contributed by atoms with Gasteiger partial charge in [-0.3, -0.25) is 0 Å². The number of benzene rings is 1. The van der Waals surface area contributed by atoms with Crippen LogP contribution in [0.15, 0.2) is 29.2 Å². The summed E-state index contributed by atoms with van der Waals surface area (Å²) in [4.78, 5) is 0.538. The summed E-state index contributed by atoms with van der Waals surface area (Å²) in [6.45, 7) is 0. The maximum Gasteiger partial charge on any atom is 0.178 e. The first-order valence-corrected chi connectivity index (χ1v) is 7.16. The second-order valence-corrected chi connectivity index (χ2v) is 6.17. The first-order valence-electron chi connectivity index (χ1n) is 5.51. The standard InChI is InChI=1S/C9H10O2S.C3H6/c10-12(11)7-3-5-8-4-1-2-6-9(8)12;1-2-3-1/h1-2,4,6H,3,5,7H2;1-3H2. The minimum atomic E-state index is -2.94. The number of aryl methyl sites for hydroxylation is 1. The Hall–Kier alpha value is -0.830. The van der Waals surface area contributed by atoms with Crippen molar-refractivity contribution in [2.75, 3.05) is 5.75 Å². The Kier molecular flexibility index (Phi) is 3.10. The van der Waals surface area contributed by atoms with Gasteiger partial charge in [0.2, 0.25) is 0 Å². The van der Waals surface area contributed by atoms with Crippen molar-refractivity contribution in [2.24, 2.45) is 0 Å². The maximum atomic E-state index is 11.5. The highest BCUT2D eigenvalue weighted by atomic mass is 32.2. The molecule has 2 nitrogen and oxygen atoms in total. The Labute approximate surface area is 91.2 Å². The molecule has 0 radical (unpaired) electrons. The van der Waals surface area contributed by atoms with E-state index >= 15 is 0 Å². The molecule has 0 spiro atoms. The number of sulfone groups is 1. The molecule has 2 aliphatic rings. The fourth-order valence-corrected chi connectivity index (χ4v) is 3.18. The third-order valence-electron chi connectivity index (χ3n) is 2.52. The molecule has 1 saturated carbocycles. The molecule has 1 heterocycles. The lowest BCUT2D eigenvalue weighted by atomic mass is 10.1. The Morgan fingerprint density at radius 1 is 0.933 bits per heavy atom. The molecule has 0 amide bonds. The second kappa shape index (κ2) is 4.35. The summed E-state index contributed by atoms with van der Waals surface area (Å²) < 4.78 is 22.9. The van der Waals surface area contributed by atoms with Crippen LogP contribution in [-0.4, -0.2) is 14.2 Å². The van der Waals surface area contributed by atoms with Gasteiger partial charge in [-0.25, -0.2) is 8.42 Å². The topological polar surface area (TPSA) is 34.1 Å². The van der Waals surface area contributed by atoms with Crippen molar-refractivity contribution in [3.05, 3.63) is 29.8 Å². The van der Waals surface area contributed by atoms with Gasteiger partial charge in [-0.2, -0.15) is 0 Å². The zero-order chi connectivity index (χ0) is 10.7. The fraction of sp³-hybridized carbons (Fsp3) is 0.500. The van der Waals surface area contributed by atoms with E-state index in [1.807, 2.05) is 12.1 Å². The Bertz CT molecular complexity index is 430. The van der Waals surface area contributed by atoms with Crippen LogP contribution in [0.25, 0.3) is 0 Å². The van der Waals surface area contributed by atoms with E-state index in [2.05, 4.69) is 0 Å². The maximum absolute atomic E-state index is 11.5. The molecule has 1 aromatic carbocycles. The average molecular weight is 224 g/mol. The summed E-state index contributed by atoms with van der Waals surface area (Å²) in [7, 11) is -2.94. The van der Waals surface area contributed by atoms with Crippen molar-refractivity contribution < 1.29 is 8.42 Å². The molecule has 0 unspecified atom stereocenters. The number of rotatable bonds is 0. The van der Waals surface area contributed by atoms with Crippen LogP contribution in [0.5, 0.6) is 0 Å². The highest BCUT2D eigenvalue weighted by Crippen LogP contribution is 2.23. The molecule has 3 rings (SSSR count). The van der Waals surface area contributed by atoms with Crippen LogP contribution >= 0.6 is 0 Å². The van der Waals surface area contributed by atoms with Gasteiger partial charge in [-0.15, -0.1) is 0 Å². The van der Waals surface area contributed by atoms with Crippen molar-refractivity contribution >= 4 is 9.84 Å². The minimum absolute atomic E-state index is 0.310. The van der Waals surface area contributed by atoms with E-state index in [9.17, 15) is 8.42 Å². The molecule has 0 saturated heterocycles. The van der Waals surface area contributed by atoms with Crippen LogP contribution in [0.2, 0.25) is 0 Å². The smallest absolute Gasteiger partial charge is 0.178 e. The average Bonchev–Trinajstić information content (AvgIpc) is 3.04. The zero-order valence-corrected chi connectivity index (χ0v) is 9.59. The summed E-state index contributed by atoms with van der Waals surface area (Å²) in [5, 5.41) is 0. The highest BCUT2D eigenvalue weighted by molar-refractivity contribution is 7.91. The molecule has 0 bridgehead atoms. The second-order valence-electron chi connectivity index (χ2n) is 4.09.